The average Bonchev–Trinajstić information content (AvgIpc) is 2.55. The monoisotopic (exact) mass is 202 g/mol. The number of rotatable bonds is 2. The van der Waals surface area contributed by atoms with Crippen LogP contribution in [-0.2, 0) is 6.61 Å². The molecule has 3 nitrogen and oxygen atoms in total. The Bertz CT molecular complexity index is 460. The van der Waals surface area contributed by atoms with Gasteiger partial charge in [-0.3, -0.25) is 0 Å². The van der Waals surface area contributed by atoms with E-state index in [2.05, 4.69) is 4.98 Å². The molecule has 0 radical (unpaired) electrons. The molecule has 0 unspecified atom stereocenters. The maximum atomic E-state index is 9.13. The third kappa shape index (κ3) is 1.66. The molecule has 0 aliphatic heterocycles. The lowest BCUT2D eigenvalue weighted by Gasteiger charge is -2.07. The van der Waals surface area contributed by atoms with Crippen molar-refractivity contribution in [1.29, 1.82) is 0 Å². The molecule has 0 bridgehead atoms. The van der Waals surface area contributed by atoms with E-state index in [9.17, 15) is 0 Å². The van der Waals surface area contributed by atoms with Crippen LogP contribution in [0.1, 0.15) is 17.2 Å². The fourth-order valence-corrected chi connectivity index (χ4v) is 1.81. The van der Waals surface area contributed by atoms with Crippen molar-refractivity contribution < 1.29 is 5.11 Å². The van der Waals surface area contributed by atoms with E-state index in [1.54, 1.807) is 0 Å². The summed E-state index contributed by atoms with van der Waals surface area (Å²) in [7, 11) is 0. The molecule has 0 saturated heterocycles. The van der Waals surface area contributed by atoms with E-state index in [-0.39, 0.29) is 6.61 Å². The van der Waals surface area contributed by atoms with Gasteiger partial charge in [0.1, 0.15) is 5.82 Å². The Labute approximate surface area is 89.0 Å². The van der Waals surface area contributed by atoms with Gasteiger partial charge in [-0.25, -0.2) is 4.98 Å². The van der Waals surface area contributed by atoms with Crippen molar-refractivity contribution in [3.8, 4) is 5.69 Å². The number of imidazole rings is 1. The van der Waals surface area contributed by atoms with Gasteiger partial charge in [-0.2, -0.15) is 0 Å². The highest BCUT2D eigenvalue weighted by Gasteiger charge is 2.10. The van der Waals surface area contributed by atoms with E-state index in [4.69, 9.17) is 5.11 Å². The molecule has 0 atom stereocenters. The number of para-hydroxylation sites is 1. The maximum absolute atomic E-state index is 9.13. The minimum absolute atomic E-state index is 0.00743. The van der Waals surface area contributed by atoms with Crippen molar-refractivity contribution in [3.63, 3.8) is 0 Å². The Hall–Kier alpha value is -1.61. The van der Waals surface area contributed by atoms with Crippen LogP contribution in [0.25, 0.3) is 5.69 Å². The van der Waals surface area contributed by atoms with E-state index >= 15 is 0 Å². The number of hydrogen-bond donors (Lipinski definition) is 1. The SMILES string of the molecule is Cc1nc(CO)c(C)n1-c1ccccc1. The van der Waals surface area contributed by atoms with Crippen molar-refractivity contribution in [3.05, 3.63) is 47.5 Å². The second kappa shape index (κ2) is 3.87. The number of aliphatic hydroxyl groups excluding tert-OH is 1. The lowest BCUT2D eigenvalue weighted by Crippen LogP contribution is -1.99. The molecule has 2 aromatic rings. The minimum atomic E-state index is -0.00743. The Morgan fingerprint density at radius 3 is 2.40 bits per heavy atom. The molecule has 1 heterocycles. The second-order valence-electron chi connectivity index (χ2n) is 3.52. The third-order valence-corrected chi connectivity index (χ3v) is 2.54. The quantitative estimate of drug-likeness (QED) is 0.808. The maximum Gasteiger partial charge on any atom is 0.110 e. The molecule has 3 heteroatoms. The number of aromatic nitrogens is 2. The largest absolute Gasteiger partial charge is 0.390 e. The molecule has 15 heavy (non-hydrogen) atoms. The predicted molar refractivity (Wildman–Crippen MR) is 59.0 cm³/mol. The zero-order valence-electron chi connectivity index (χ0n) is 8.94. The van der Waals surface area contributed by atoms with Crippen LogP contribution < -0.4 is 0 Å². The molecule has 0 saturated carbocycles. The number of benzene rings is 1. The zero-order chi connectivity index (χ0) is 10.8. The summed E-state index contributed by atoms with van der Waals surface area (Å²) < 4.78 is 2.05. The smallest absolute Gasteiger partial charge is 0.110 e. The summed E-state index contributed by atoms with van der Waals surface area (Å²) in [4.78, 5) is 4.32. The Kier molecular flexibility index (Phi) is 2.56. The number of hydrogen-bond acceptors (Lipinski definition) is 2. The van der Waals surface area contributed by atoms with Crippen LogP contribution in [-0.4, -0.2) is 14.7 Å². The van der Waals surface area contributed by atoms with Gasteiger partial charge in [-0.15, -0.1) is 0 Å². The summed E-state index contributed by atoms with van der Waals surface area (Å²) in [5, 5.41) is 9.13. The van der Waals surface area contributed by atoms with Crippen LogP contribution in [0.15, 0.2) is 30.3 Å². The second-order valence-corrected chi connectivity index (χ2v) is 3.52. The van der Waals surface area contributed by atoms with Crippen LogP contribution in [0.5, 0.6) is 0 Å². The van der Waals surface area contributed by atoms with Crippen molar-refractivity contribution in [1.82, 2.24) is 9.55 Å². The van der Waals surface area contributed by atoms with Gasteiger partial charge < -0.3 is 9.67 Å². The molecule has 0 amide bonds. The number of nitrogens with zero attached hydrogens (tertiary/aromatic N) is 2. The Morgan fingerprint density at radius 1 is 1.20 bits per heavy atom. The topological polar surface area (TPSA) is 38.1 Å². The van der Waals surface area contributed by atoms with Crippen molar-refractivity contribution in [2.75, 3.05) is 0 Å². The van der Waals surface area contributed by atoms with Gasteiger partial charge in [-0.1, -0.05) is 18.2 Å². The molecule has 2 rings (SSSR count). The molecule has 1 N–H and O–H groups in total. The normalized spacial score (nSPS) is 10.6. The van der Waals surface area contributed by atoms with Crippen LogP contribution in [0, 0.1) is 13.8 Å². The van der Waals surface area contributed by atoms with Gasteiger partial charge in [0, 0.05) is 11.4 Å². The van der Waals surface area contributed by atoms with Gasteiger partial charge >= 0.3 is 0 Å². The first-order valence-electron chi connectivity index (χ1n) is 4.95. The Balaban J connectivity index is 2.58. The van der Waals surface area contributed by atoms with E-state index < -0.39 is 0 Å². The zero-order valence-corrected chi connectivity index (χ0v) is 8.94. The van der Waals surface area contributed by atoms with Crippen molar-refractivity contribution >= 4 is 0 Å². The summed E-state index contributed by atoms with van der Waals surface area (Å²) in [5.41, 5.74) is 2.83. The average molecular weight is 202 g/mol. The number of aryl methyl sites for hydroxylation is 1. The van der Waals surface area contributed by atoms with Crippen molar-refractivity contribution in [2.24, 2.45) is 0 Å². The van der Waals surface area contributed by atoms with E-state index in [1.165, 1.54) is 0 Å². The molecule has 1 aromatic carbocycles. The molecule has 0 spiro atoms. The van der Waals surface area contributed by atoms with E-state index in [1.807, 2.05) is 48.7 Å². The van der Waals surface area contributed by atoms with Crippen LogP contribution in [0.2, 0.25) is 0 Å². The fourth-order valence-electron chi connectivity index (χ4n) is 1.81. The molecule has 78 valence electrons. The highest BCUT2D eigenvalue weighted by atomic mass is 16.3. The summed E-state index contributed by atoms with van der Waals surface area (Å²) >= 11 is 0. The molecule has 1 aromatic heterocycles. The summed E-state index contributed by atoms with van der Waals surface area (Å²) in [6, 6.07) is 10.0. The predicted octanol–water partition coefficient (Wildman–Crippen LogP) is 1.98. The van der Waals surface area contributed by atoms with Gasteiger partial charge in [0.2, 0.25) is 0 Å². The highest BCUT2D eigenvalue weighted by Crippen LogP contribution is 2.17. The summed E-state index contributed by atoms with van der Waals surface area (Å²) in [6.45, 7) is 3.91. The first kappa shape index (κ1) is 9.93. The summed E-state index contributed by atoms with van der Waals surface area (Å²) in [5.74, 6) is 0.905. The fraction of sp³-hybridized carbons (Fsp3) is 0.250. The molecule has 0 fully saturated rings. The third-order valence-electron chi connectivity index (χ3n) is 2.54. The first-order valence-corrected chi connectivity index (χ1v) is 4.95. The molecular weight excluding hydrogens is 188 g/mol. The lowest BCUT2D eigenvalue weighted by molar-refractivity contribution is 0.276. The summed E-state index contributed by atoms with van der Waals surface area (Å²) in [6.07, 6.45) is 0. The highest BCUT2D eigenvalue weighted by molar-refractivity contribution is 5.36. The van der Waals surface area contributed by atoms with Gasteiger partial charge in [0.15, 0.2) is 0 Å². The molecule has 0 aliphatic rings. The standard InChI is InChI=1S/C12H14N2O/c1-9-12(8-15)13-10(2)14(9)11-6-4-3-5-7-11/h3-7,15H,8H2,1-2H3. The number of aliphatic hydroxyl groups is 1. The molecular formula is C12H14N2O. The van der Waals surface area contributed by atoms with Gasteiger partial charge in [0.05, 0.1) is 12.3 Å². The van der Waals surface area contributed by atoms with Crippen LogP contribution in [0.4, 0.5) is 0 Å². The van der Waals surface area contributed by atoms with Crippen molar-refractivity contribution in [2.45, 2.75) is 20.5 Å². The first-order chi connectivity index (χ1) is 7.24. The lowest BCUT2D eigenvalue weighted by atomic mass is 10.3. The van der Waals surface area contributed by atoms with E-state index in [0.717, 1.165) is 22.9 Å². The van der Waals surface area contributed by atoms with E-state index in [0.29, 0.717) is 0 Å². The minimum Gasteiger partial charge on any atom is -0.390 e. The van der Waals surface area contributed by atoms with Crippen LogP contribution in [0.3, 0.4) is 0 Å². The van der Waals surface area contributed by atoms with Gasteiger partial charge in [-0.05, 0) is 26.0 Å². The molecule has 0 aliphatic carbocycles. The van der Waals surface area contributed by atoms with Crippen LogP contribution >= 0.6 is 0 Å². The Morgan fingerprint density at radius 2 is 1.87 bits per heavy atom. The van der Waals surface area contributed by atoms with Gasteiger partial charge in [0.25, 0.3) is 0 Å².